The average Bonchev–Trinajstić information content (AvgIpc) is 2.63. The van der Waals surface area contributed by atoms with Crippen LogP contribution in [0.2, 0.25) is 5.02 Å². The van der Waals surface area contributed by atoms with E-state index in [2.05, 4.69) is 10.3 Å². The number of halogens is 1. The number of hydrogen-bond donors (Lipinski definition) is 1. The number of amides is 1. The van der Waals surface area contributed by atoms with Crippen molar-refractivity contribution in [2.75, 3.05) is 5.32 Å². The lowest BCUT2D eigenvalue weighted by molar-refractivity contribution is 0.102. The van der Waals surface area contributed by atoms with Crippen LogP contribution in [0.1, 0.15) is 15.9 Å². The molecule has 0 unspecified atom stereocenters. The number of nitrogens with zero attached hydrogens (tertiary/aromatic N) is 1. The molecule has 0 aliphatic rings. The van der Waals surface area contributed by atoms with Crippen molar-refractivity contribution in [2.24, 2.45) is 0 Å². The number of carbonyl (C=O) groups excluding carboxylic acids is 1. The van der Waals surface area contributed by atoms with E-state index in [1.807, 2.05) is 54.6 Å². The van der Waals surface area contributed by atoms with Gasteiger partial charge in [0.05, 0.1) is 15.7 Å². The second-order valence-electron chi connectivity index (χ2n) is 5.09. The van der Waals surface area contributed by atoms with Crippen LogP contribution in [0.15, 0.2) is 78.0 Å². The van der Waals surface area contributed by atoms with E-state index in [-0.39, 0.29) is 5.91 Å². The summed E-state index contributed by atoms with van der Waals surface area (Å²) < 4.78 is 0. The lowest BCUT2D eigenvalue weighted by atomic mass is 10.1. The molecule has 0 radical (unpaired) electrons. The number of para-hydroxylation sites is 1. The first kappa shape index (κ1) is 16.6. The summed E-state index contributed by atoms with van der Waals surface area (Å²) in [5.74, 6) is 0.635. The van der Waals surface area contributed by atoms with Crippen LogP contribution >= 0.6 is 23.4 Å². The highest BCUT2D eigenvalue weighted by Crippen LogP contribution is 2.22. The Kier molecular flexibility index (Phi) is 5.51. The molecule has 5 heteroatoms. The summed E-state index contributed by atoms with van der Waals surface area (Å²) in [5, 5.41) is 4.32. The van der Waals surface area contributed by atoms with Crippen molar-refractivity contribution in [1.82, 2.24) is 4.98 Å². The van der Waals surface area contributed by atoms with E-state index in [1.165, 1.54) is 0 Å². The zero-order valence-electron chi connectivity index (χ0n) is 12.8. The molecule has 0 atom stereocenters. The molecular formula is C19H15ClN2OS. The van der Waals surface area contributed by atoms with Crippen LogP contribution in [0, 0.1) is 0 Å². The second kappa shape index (κ2) is 7.99. The van der Waals surface area contributed by atoms with Crippen LogP contribution in [0.5, 0.6) is 0 Å². The number of pyridine rings is 1. The number of hydrogen-bond acceptors (Lipinski definition) is 3. The summed E-state index contributed by atoms with van der Waals surface area (Å²) in [5.41, 5.74) is 2.35. The van der Waals surface area contributed by atoms with Crippen LogP contribution in [-0.4, -0.2) is 10.9 Å². The molecule has 0 saturated carbocycles. The Hall–Kier alpha value is -2.30. The molecule has 1 amide bonds. The van der Waals surface area contributed by atoms with Crippen molar-refractivity contribution in [3.05, 3.63) is 89.1 Å². The number of benzene rings is 2. The summed E-state index contributed by atoms with van der Waals surface area (Å²) in [6, 6.07) is 20.6. The maximum atomic E-state index is 12.3. The molecule has 1 N–H and O–H groups in total. The maximum Gasteiger partial charge on any atom is 0.255 e. The minimum Gasteiger partial charge on any atom is -0.321 e. The zero-order valence-corrected chi connectivity index (χ0v) is 14.3. The third kappa shape index (κ3) is 4.37. The zero-order chi connectivity index (χ0) is 16.8. The second-order valence-corrected chi connectivity index (χ2v) is 6.49. The van der Waals surface area contributed by atoms with E-state index in [0.717, 1.165) is 16.3 Å². The first-order valence-electron chi connectivity index (χ1n) is 7.41. The van der Waals surface area contributed by atoms with E-state index in [1.54, 1.807) is 30.1 Å². The SMILES string of the molecule is O=C(Nc1ccccc1Cl)c1ccc(CSc2ccccn2)cc1. The van der Waals surface area contributed by atoms with Gasteiger partial charge in [0.25, 0.3) is 5.91 Å². The third-order valence-electron chi connectivity index (χ3n) is 3.36. The van der Waals surface area contributed by atoms with Gasteiger partial charge in [-0.15, -0.1) is 11.8 Å². The lowest BCUT2D eigenvalue weighted by Crippen LogP contribution is -2.12. The lowest BCUT2D eigenvalue weighted by Gasteiger charge is -2.07. The third-order valence-corrected chi connectivity index (χ3v) is 4.71. The summed E-state index contributed by atoms with van der Waals surface area (Å²) in [4.78, 5) is 16.6. The molecule has 120 valence electrons. The van der Waals surface area contributed by atoms with Crippen molar-refractivity contribution in [3.8, 4) is 0 Å². The van der Waals surface area contributed by atoms with Crippen molar-refractivity contribution < 1.29 is 4.79 Å². The molecule has 0 spiro atoms. The highest BCUT2D eigenvalue weighted by atomic mass is 35.5. The number of carbonyl (C=O) groups is 1. The fourth-order valence-corrected chi connectivity index (χ4v) is 3.10. The Balaban J connectivity index is 1.61. The predicted molar refractivity (Wildman–Crippen MR) is 99.6 cm³/mol. The topological polar surface area (TPSA) is 42.0 Å². The maximum absolute atomic E-state index is 12.3. The van der Waals surface area contributed by atoms with Gasteiger partial charge in [-0.25, -0.2) is 4.98 Å². The van der Waals surface area contributed by atoms with Crippen LogP contribution in [-0.2, 0) is 5.75 Å². The molecule has 0 aliphatic heterocycles. The molecule has 0 aliphatic carbocycles. The Morgan fingerprint density at radius 3 is 2.46 bits per heavy atom. The molecule has 24 heavy (non-hydrogen) atoms. The molecule has 0 saturated heterocycles. The molecule has 0 bridgehead atoms. The van der Waals surface area contributed by atoms with E-state index in [0.29, 0.717) is 16.3 Å². The smallest absolute Gasteiger partial charge is 0.255 e. The van der Waals surface area contributed by atoms with E-state index in [4.69, 9.17) is 11.6 Å². The normalized spacial score (nSPS) is 10.4. The summed E-state index contributed by atoms with van der Waals surface area (Å²) in [6.45, 7) is 0. The Bertz CT molecular complexity index is 822. The molecule has 1 heterocycles. The van der Waals surface area contributed by atoms with Gasteiger partial charge < -0.3 is 5.32 Å². The van der Waals surface area contributed by atoms with E-state index >= 15 is 0 Å². The van der Waals surface area contributed by atoms with Gasteiger partial charge >= 0.3 is 0 Å². The quantitative estimate of drug-likeness (QED) is 0.634. The highest BCUT2D eigenvalue weighted by molar-refractivity contribution is 7.98. The highest BCUT2D eigenvalue weighted by Gasteiger charge is 2.08. The Labute approximate surface area is 150 Å². The Morgan fingerprint density at radius 1 is 1.00 bits per heavy atom. The summed E-state index contributed by atoms with van der Waals surface area (Å²) in [7, 11) is 0. The van der Waals surface area contributed by atoms with Gasteiger partial charge in [0.1, 0.15) is 0 Å². The summed E-state index contributed by atoms with van der Waals surface area (Å²) >= 11 is 7.72. The van der Waals surface area contributed by atoms with Gasteiger partial charge in [-0.05, 0) is 42.0 Å². The van der Waals surface area contributed by atoms with Gasteiger partial charge in [-0.1, -0.05) is 41.9 Å². The average molecular weight is 355 g/mol. The molecule has 2 aromatic carbocycles. The van der Waals surface area contributed by atoms with Gasteiger partial charge in [-0.2, -0.15) is 0 Å². The monoisotopic (exact) mass is 354 g/mol. The molecule has 3 nitrogen and oxygen atoms in total. The minimum absolute atomic E-state index is 0.174. The summed E-state index contributed by atoms with van der Waals surface area (Å²) in [6.07, 6.45) is 1.78. The van der Waals surface area contributed by atoms with Gasteiger partial charge in [0, 0.05) is 17.5 Å². The van der Waals surface area contributed by atoms with Crippen LogP contribution in [0.4, 0.5) is 5.69 Å². The van der Waals surface area contributed by atoms with Gasteiger partial charge in [0.15, 0.2) is 0 Å². The molecule has 3 rings (SSSR count). The molecule has 0 fully saturated rings. The predicted octanol–water partition coefficient (Wildman–Crippen LogP) is 5.28. The van der Waals surface area contributed by atoms with Crippen molar-refractivity contribution >= 4 is 35.0 Å². The largest absolute Gasteiger partial charge is 0.321 e. The first-order valence-corrected chi connectivity index (χ1v) is 8.77. The van der Waals surface area contributed by atoms with Crippen LogP contribution < -0.4 is 5.32 Å². The molecule has 3 aromatic rings. The number of rotatable bonds is 5. The van der Waals surface area contributed by atoms with Crippen molar-refractivity contribution in [2.45, 2.75) is 10.8 Å². The van der Waals surface area contributed by atoms with Gasteiger partial charge in [-0.3, -0.25) is 4.79 Å². The Morgan fingerprint density at radius 2 is 1.75 bits per heavy atom. The van der Waals surface area contributed by atoms with Crippen molar-refractivity contribution in [3.63, 3.8) is 0 Å². The number of thioether (sulfide) groups is 1. The standard InChI is InChI=1S/C19H15ClN2OS/c20-16-5-1-2-6-17(16)22-19(23)15-10-8-14(9-11-15)13-24-18-7-3-4-12-21-18/h1-12H,13H2,(H,22,23). The van der Waals surface area contributed by atoms with Crippen molar-refractivity contribution in [1.29, 1.82) is 0 Å². The minimum atomic E-state index is -0.174. The fourth-order valence-electron chi connectivity index (χ4n) is 2.10. The van der Waals surface area contributed by atoms with E-state index in [9.17, 15) is 4.79 Å². The number of aromatic nitrogens is 1. The number of anilines is 1. The molecule has 1 aromatic heterocycles. The van der Waals surface area contributed by atoms with Gasteiger partial charge in [0.2, 0.25) is 0 Å². The van der Waals surface area contributed by atoms with Crippen LogP contribution in [0.25, 0.3) is 0 Å². The number of nitrogens with one attached hydrogen (secondary N) is 1. The first-order chi connectivity index (χ1) is 11.7. The fraction of sp³-hybridized carbons (Fsp3) is 0.0526. The van der Waals surface area contributed by atoms with Crippen LogP contribution in [0.3, 0.4) is 0 Å². The van der Waals surface area contributed by atoms with E-state index < -0.39 is 0 Å². The molecular weight excluding hydrogens is 340 g/mol.